The summed E-state index contributed by atoms with van der Waals surface area (Å²) in [5.41, 5.74) is 1.75. The van der Waals surface area contributed by atoms with E-state index in [2.05, 4.69) is 31.0 Å². The lowest BCUT2D eigenvalue weighted by molar-refractivity contribution is 0.0970. The fourth-order valence-corrected chi connectivity index (χ4v) is 4.91. The minimum Gasteiger partial charge on any atom is -0.450 e. The Labute approximate surface area is 193 Å². The lowest BCUT2D eigenvalue weighted by Crippen LogP contribution is -2.29. The van der Waals surface area contributed by atoms with Gasteiger partial charge in [0.1, 0.15) is 16.4 Å². The third kappa shape index (κ3) is 3.45. The van der Waals surface area contributed by atoms with Gasteiger partial charge < -0.3 is 4.42 Å². The number of amides is 1. The van der Waals surface area contributed by atoms with E-state index < -0.39 is 23.2 Å². The summed E-state index contributed by atoms with van der Waals surface area (Å²) in [6, 6.07) is 10.8. The van der Waals surface area contributed by atoms with Crippen molar-refractivity contribution in [3.8, 4) is 0 Å². The summed E-state index contributed by atoms with van der Waals surface area (Å²) < 4.78 is 19.8. The minimum atomic E-state index is -0.747. The molecule has 168 valence electrons. The number of fused-ring (bicyclic) bond motifs is 2. The second kappa shape index (κ2) is 7.59. The van der Waals surface area contributed by atoms with Crippen molar-refractivity contribution < 1.29 is 13.6 Å². The van der Waals surface area contributed by atoms with Crippen LogP contribution in [0.1, 0.15) is 66.0 Å². The molecular formula is C25H22FN3O3S. The van der Waals surface area contributed by atoms with Gasteiger partial charge in [0.25, 0.3) is 5.91 Å². The molecule has 1 amide bonds. The van der Waals surface area contributed by atoms with Gasteiger partial charge in [-0.25, -0.2) is 4.39 Å². The number of rotatable bonds is 3. The van der Waals surface area contributed by atoms with Crippen molar-refractivity contribution in [1.82, 2.24) is 10.2 Å². The molecule has 0 fully saturated rings. The zero-order valence-electron chi connectivity index (χ0n) is 18.7. The molecule has 0 saturated carbocycles. The molecule has 0 aliphatic carbocycles. The molecule has 0 bridgehead atoms. The van der Waals surface area contributed by atoms with Gasteiger partial charge in [-0.2, -0.15) is 0 Å². The summed E-state index contributed by atoms with van der Waals surface area (Å²) in [5.74, 6) is -1.05. The van der Waals surface area contributed by atoms with Gasteiger partial charge in [0.15, 0.2) is 5.43 Å². The number of carbonyl (C=O) groups is 1. The van der Waals surface area contributed by atoms with Gasteiger partial charge in [-0.3, -0.25) is 14.5 Å². The van der Waals surface area contributed by atoms with Gasteiger partial charge in [0.2, 0.25) is 10.9 Å². The minimum absolute atomic E-state index is 0.0442. The number of carbonyl (C=O) groups excluding carboxylic acids is 1. The monoisotopic (exact) mass is 463 g/mol. The molecule has 33 heavy (non-hydrogen) atoms. The number of benzene rings is 2. The largest absolute Gasteiger partial charge is 0.450 e. The first-order valence-corrected chi connectivity index (χ1v) is 11.5. The lowest BCUT2D eigenvalue weighted by Gasteiger charge is -2.24. The molecule has 1 unspecified atom stereocenters. The van der Waals surface area contributed by atoms with Crippen LogP contribution in [0.15, 0.2) is 51.7 Å². The third-order valence-corrected chi connectivity index (χ3v) is 6.96. The Bertz CT molecular complexity index is 1450. The smallest absolute Gasteiger partial charge is 0.297 e. The maximum Gasteiger partial charge on any atom is 0.297 e. The summed E-state index contributed by atoms with van der Waals surface area (Å²) in [4.78, 5) is 28.5. The summed E-state index contributed by atoms with van der Waals surface area (Å²) in [5, 5.41) is 9.65. The van der Waals surface area contributed by atoms with Crippen molar-refractivity contribution in [2.45, 2.75) is 45.6 Å². The molecule has 6 nitrogen and oxygen atoms in total. The second-order valence-electron chi connectivity index (χ2n) is 9.10. The zero-order chi connectivity index (χ0) is 23.5. The maximum atomic E-state index is 13.9. The van der Waals surface area contributed by atoms with E-state index in [4.69, 9.17) is 4.42 Å². The molecule has 3 heterocycles. The topological polar surface area (TPSA) is 76.3 Å². The number of aryl methyl sites for hydroxylation is 1. The maximum absolute atomic E-state index is 13.9. The van der Waals surface area contributed by atoms with E-state index in [9.17, 15) is 14.0 Å². The first kappa shape index (κ1) is 21.5. The number of halogens is 1. The molecule has 2 aromatic heterocycles. The van der Waals surface area contributed by atoms with Gasteiger partial charge in [0.05, 0.1) is 17.0 Å². The van der Waals surface area contributed by atoms with Crippen LogP contribution in [-0.2, 0) is 11.8 Å². The van der Waals surface area contributed by atoms with Gasteiger partial charge in [-0.05, 0) is 41.2 Å². The predicted octanol–water partition coefficient (Wildman–Crippen LogP) is 5.39. The summed E-state index contributed by atoms with van der Waals surface area (Å²) in [6.07, 6.45) is 0.679. The van der Waals surface area contributed by atoms with Crippen LogP contribution < -0.4 is 10.3 Å². The fraction of sp³-hybridized carbons (Fsp3) is 0.280. The summed E-state index contributed by atoms with van der Waals surface area (Å²) in [7, 11) is 0. The average Bonchev–Trinajstić information content (AvgIpc) is 3.36. The average molecular weight is 464 g/mol. The van der Waals surface area contributed by atoms with Crippen LogP contribution in [0, 0.1) is 5.82 Å². The molecule has 1 aliphatic heterocycles. The quantitative estimate of drug-likeness (QED) is 0.407. The fourth-order valence-electron chi connectivity index (χ4n) is 4.11. The summed E-state index contributed by atoms with van der Waals surface area (Å²) >= 11 is 1.30. The number of hydrogen-bond acceptors (Lipinski definition) is 6. The van der Waals surface area contributed by atoms with Crippen LogP contribution in [0.2, 0.25) is 0 Å². The van der Waals surface area contributed by atoms with Crippen molar-refractivity contribution in [3.63, 3.8) is 0 Å². The van der Waals surface area contributed by atoms with Crippen molar-refractivity contribution in [3.05, 3.63) is 86.0 Å². The van der Waals surface area contributed by atoms with Crippen LogP contribution in [-0.4, -0.2) is 16.1 Å². The van der Waals surface area contributed by atoms with Gasteiger partial charge in [0, 0.05) is 0 Å². The Morgan fingerprint density at radius 1 is 1.09 bits per heavy atom. The number of nitrogens with zero attached hydrogens (tertiary/aromatic N) is 3. The summed E-state index contributed by atoms with van der Waals surface area (Å²) in [6.45, 7) is 8.31. The highest BCUT2D eigenvalue weighted by atomic mass is 32.1. The van der Waals surface area contributed by atoms with Crippen LogP contribution >= 0.6 is 11.3 Å². The van der Waals surface area contributed by atoms with E-state index in [-0.39, 0.29) is 27.7 Å². The first-order chi connectivity index (χ1) is 15.7. The number of aromatic nitrogens is 2. The molecular weight excluding hydrogens is 441 g/mol. The Kier molecular flexibility index (Phi) is 4.93. The highest BCUT2D eigenvalue weighted by Crippen LogP contribution is 2.42. The third-order valence-electron chi connectivity index (χ3n) is 5.89. The molecule has 0 spiro atoms. The van der Waals surface area contributed by atoms with Crippen LogP contribution in [0.4, 0.5) is 9.52 Å². The molecule has 4 aromatic rings. The van der Waals surface area contributed by atoms with E-state index in [0.29, 0.717) is 11.6 Å². The van der Waals surface area contributed by atoms with Crippen molar-refractivity contribution in [2.24, 2.45) is 0 Å². The lowest BCUT2D eigenvalue weighted by atomic mass is 9.86. The Morgan fingerprint density at radius 3 is 2.45 bits per heavy atom. The van der Waals surface area contributed by atoms with Gasteiger partial charge >= 0.3 is 0 Å². The molecule has 1 atom stereocenters. The highest BCUT2D eigenvalue weighted by molar-refractivity contribution is 7.15. The van der Waals surface area contributed by atoms with Crippen LogP contribution in [0.25, 0.3) is 11.0 Å². The van der Waals surface area contributed by atoms with Crippen molar-refractivity contribution in [1.29, 1.82) is 0 Å². The molecule has 0 N–H and O–H groups in total. The number of anilines is 1. The highest BCUT2D eigenvalue weighted by Gasteiger charge is 2.45. The van der Waals surface area contributed by atoms with Crippen molar-refractivity contribution >= 4 is 33.3 Å². The Balaban J connectivity index is 1.76. The molecule has 1 aliphatic rings. The van der Waals surface area contributed by atoms with Crippen molar-refractivity contribution in [2.75, 3.05) is 4.90 Å². The standard InChI is InChI=1S/C25H22FN3O3S/c1-5-18-27-28-24(33-18)29-20(13-6-8-14(9-7-13)25(2,3)4)19-21(30)16-12-15(26)10-11-17(16)32-22(19)23(29)31/h6-12,20H,5H2,1-4H3. The Morgan fingerprint density at radius 2 is 1.82 bits per heavy atom. The molecule has 5 rings (SSSR count). The SMILES string of the molecule is CCc1nnc(N2C(=O)c3oc4ccc(F)cc4c(=O)c3C2c2ccc(C(C)(C)C)cc2)s1. The normalized spacial score (nSPS) is 16.0. The Hall–Kier alpha value is -3.39. The van der Waals surface area contributed by atoms with E-state index in [1.807, 2.05) is 31.2 Å². The molecule has 0 saturated heterocycles. The first-order valence-electron chi connectivity index (χ1n) is 10.7. The predicted molar refractivity (Wildman–Crippen MR) is 126 cm³/mol. The molecule has 0 radical (unpaired) electrons. The number of hydrogen-bond donors (Lipinski definition) is 0. The van der Waals surface area contributed by atoms with Crippen LogP contribution in [0.3, 0.4) is 0 Å². The second-order valence-corrected chi connectivity index (χ2v) is 10.1. The van der Waals surface area contributed by atoms with E-state index in [1.165, 1.54) is 28.4 Å². The molecule has 8 heteroatoms. The van der Waals surface area contributed by atoms with Gasteiger partial charge in [-0.1, -0.05) is 63.3 Å². The van der Waals surface area contributed by atoms with E-state index in [0.717, 1.165) is 22.2 Å². The van der Waals surface area contributed by atoms with Crippen LogP contribution in [0.5, 0.6) is 0 Å². The zero-order valence-corrected chi connectivity index (χ0v) is 19.5. The molecule has 2 aromatic carbocycles. The van der Waals surface area contributed by atoms with E-state index >= 15 is 0 Å². The van der Waals surface area contributed by atoms with Gasteiger partial charge in [-0.15, -0.1) is 10.2 Å². The van der Waals surface area contributed by atoms with E-state index in [1.54, 1.807) is 0 Å².